The van der Waals surface area contributed by atoms with Gasteiger partial charge in [0.2, 0.25) is 0 Å². The van der Waals surface area contributed by atoms with Gasteiger partial charge in [0, 0.05) is 26.2 Å². The van der Waals surface area contributed by atoms with E-state index in [4.69, 9.17) is 5.73 Å². The van der Waals surface area contributed by atoms with Gasteiger partial charge in [0.1, 0.15) is 0 Å². The van der Waals surface area contributed by atoms with Crippen molar-refractivity contribution in [2.75, 3.05) is 44.4 Å². The van der Waals surface area contributed by atoms with Gasteiger partial charge in [0.05, 0.1) is 11.4 Å². The average molecular weight is 253 g/mol. The van der Waals surface area contributed by atoms with Crippen LogP contribution in [-0.4, -0.2) is 48.4 Å². The van der Waals surface area contributed by atoms with Gasteiger partial charge in [0.25, 0.3) is 0 Å². The minimum absolute atomic E-state index is 0.823. The van der Waals surface area contributed by atoms with Crippen molar-refractivity contribution in [3.05, 3.63) is 5.69 Å². The van der Waals surface area contributed by atoms with E-state index >= 15 is 0 Å². The summed E-state index contributed by atoms with van der Waals surface area (Å²) in [6.45, 7) is 10.1. The molecule has 0 saturated heterocycles. The topological polar surface area (TPSA) is 50.3 Å². The van der Waals surface area contributed by atoms with Crippen LogP contribution in [0.2, 0.25) is 0 Å². The lowest BCUT2D eigenvalue weighted by molar-refractivity contribution is 0.411. The Hall–Kier alpha value is -1.23. The highest BCUT2D eigenvalue weighted by molar-refractivity contribution is 5.66. The van der Waals surface area contributed by atoms with Gasteiger partial charge in [-0.3, -0.25) is 0 Å². The summed E-state index contributed by atoms with van der Waals surface area (Å²) in [4.78, 5) is 4.54. The first-order valence-electron chi connectivity index (χ1n) is 6.73. The maximum atomic E-state index is 6.18. The first-order valence-corrected chi connectivity index (χ1v) is 6.73. The third-order valence-electron chi connectivity index (χ3n) is 3.06. The lowest BCUT2D eigenvalue weighted by Crippen LogP contribution is -2.34. The third-order valence-corrected chi connectivity index (χ3v) is 3.06. The van der Waals surface area contributed by atoms with Crippen LogP contribution in [0.25, 0.3) is 0 Å². The molecule has 1 aromatic heterocycles. The van der Waals surface area contributed by atoms with E-state index in [-0.39, 0.29) is 0 Å². The van der Waals surface area contributed by atoms with Crippen molar-refractivity contribution in [3.8, 4) is 0 Å². The second kappa shape index (κ2) is 6.64. The zero-order chi connectivity index (χ0) is 13.7. The number of nitrogens with two attached hydrogens (primary N) is 1. The number of aryl methyl sites for hydroxylation is 2. The quantitative estimate of drug-likeness (QED) is 0.801. The van der Waals surface area contributed by atoms with E-state index in [2.05, 4.69) is 42.8 Å². The van der Waals surface area contributed by atoms with Crippen LogP contribution in [0.15, 0.2) is 0 Å². The van der Waals surface area contributed by atoms with E-state index < -0.39 is 0 Å². The minimum atomic E-state index is 0.823. The molecule has 0 unspecified atom stereocenters. The van der Waals surface area contributed by atoms with Crippen molar-refractivity contribution < 1.29 is 0 Å². The first-order chi connectivity index (χ1) is 8.51. The Kier molecular flexibility index (Phi) is 5.47. The fourth-order valence-electron chi connectivity index (χ4n) is 2.05. The molecule has 2 N–H and O–H groups in total. The normalized spacial score (nSPS) is 11.2. The Morgan fingerprint density at radius 1 is 1.17 bits per heavy atom. The molecular weight excluding hydrogens is 226 g/mol. The number of nitrogens with zero attached hydrogens (tertiary/aromatic N) is 4. The summed E-state index contributed by atoms with van der Waals surface area (Å²) >= 11 is 0. The van der Waals surface area contributed by atoms with E-state index in [9.17, 15) is 0 Å². The molecular formula is C13H27N5. The second-order valence-electron chi connectivity index (χ2n) is 4.93. The van der Waals surface area contributed by atoms with E-state index in [1.165, 1.54) is 0 Å². The molecule has 1 heterocycles. The maximum Gasteiger partial charge on any atom is 0.150 e. The van der Waals surface area contributed by atoms with Gasteiger partial charge in [-0.05, 0) is 34.4 Å². The van der Waals surface area contributed by atoms with Crippen molar-refractivity contribution >= 4 is 11.5 Å². The zero-order valence-electron chi connectivity index (χ0n) is 12.4. The summed E-state index contributed by atoms with van der Waals surface area (Å²) in [5, 5.41) is 4.50. The van der Waals surface area contributed by atoms with Crippen molar-refractivity contribution in [1.82, 2.24) is 14.7 Å². The van der Waals surface area contributed by atoms with Gasteiger partial charge in [0.15, 0.2) is 5.82 Å². The lowest BCUT2D eigenvalue weighted by Gasteiger charge is -2.26. The van der Waals surface area contributed by atoms with Crippen LogP contribution >= 0.6 is 0 Å². The SMILES string of the molecule is CCCN(CCN(C)C)c1c(N)c(C)nn1CC. The summed E-state index contributed by atoms with van der Waals surface area (Å²) in [5.41, 5.74) is 7.93. The maximum absolute atomic E-state index is 6.18. The van der Waals surface area contributed by atoms with Crippen LogP contribution in [0.4, 0.5) is 11.5 Å². The van der Waals surface area contributed by atoms with Crippen LogP contribution in [0.5, 0.6) is 0 Å². The highest BCUT2D eigenvalue weighted by atomic mass is 15.4. The van der Waals surface area contributed by atoms with Crippen LogP contribution in [0.1, 0.15) is 26.0 Å². The molecule has 0 radical (unpaired) electrons. The molecule has 0 bridgehead atoms. The van der Waals surface area contributed by atoms with Crippen molar-refractivity contribution in [3.63, 3.8) is 0 Å². The summed E-state index contributed by atoms with van der Waals surface area (Å²) in [6, 6.07) is 0. The fourth-order valence-corrected chi connectivity index (χ4v) is 2.05. The van der Waals surface area contributed by atoms with Gasteiger partial charge in [-0.25, -0.2) is 4.68 Å². The Morgan fingerprint density at radius 2 is 1.83 bits per heavy atom. The van der Waals surface area contributed by atoms with Gasteiger partial charge in [-0.1, -0.05) is 6.92 Å². The van der Waals surface area contributed by atoms with Crippen LogP contribution in [-0.2, 0) is 6.54 Å². The molecule has 1 rings (SSSR count). The highest BCUT2D eigenvalue weighted by Crippen LogP contribution is 2.26. The van der Waals surface area contributed by atoms with Gasteiger partial charge in [-0.15, -0.1) is 0 Å². The summed E-state index contributed by atoms with van der Waals surface area (Å²) in [6.07, 6.45) is 1.11. The zero-order valence-corrected chi connectivity index (χ0v) is 12.4. The monoisotopic (exact) mass is 253 g/mol. The molecule has 0 spiro atoms. The number of likely N-dealkylation sites (N-methyl/N-ethyl adjacent to an activating group) is 1. The number of hydrogen-bond donors (Lipinski definition) is 1. The molecule has 5 heteroatoms. The largest absolute Gasteiger partial charge is 0.394 e. The van der Waals surface area contributed by atoms with Crippen LogP contribution in [0.3, 0.4) is 0 Å². The molecule has 0 amide bonds. The Labute approximate surface area is 111 Å². The summed E-state index contributed by atoms with van der Waals surface area (Å²) < 4.78 is 2.01. The van der Waals surface area contributed by atoms with Crippen LogP contribution in [0, 0.1) is 6.92 Å². The highest BCUT2D eigenvalue weighted by Gasteiger charge is 2.17. The van der Waals surface area contributed by atoms with E-state index in [1.54, 1.807) is 0 Å². The molecule has 104 valence electrons. The molecule has 0 aliphatic rings. The number of aromatic nitrogens is 2. The smallest absolute Gasteiger partial charge is 0.150 e. The minimum Gasteiger partial charge on any atom is -0.394 e. The standard InChI is InChI=1S/C13H27N5/c1-6-8-17(10-9-16(4)5)13-12(14)11(3)15-18(13)7-2/h6-10,14H2,1-5H3. The van der Waals surface area contributed by atoms with Gasteiger partial charge in [-0.2, -0.15) is 5.10 Å². The molecule has 1 aromatic rings. The number of rotatable bonds is 7. The number of anilines is 2. The average Bonchev–Trinajstić information content (AvgIpc) is 2.61. The van der Waals surface area contributed by atoms with E-state index in [0.717, 1.165) is 49.8 Å². The summed E-state index contributed by atoms with van der Waals surface area (Å²) in [5.74, 6) is 1.08. The van der Waals surface area contributed by atoms with E-state index in [0.29, 0.717) is 0 Å². The van der Waals surface area contributed by atoms with Crippen molar-refractivity contribution in [1.29, 1.82) is 0 Å². The molecule has 0 aliphatic carbocycles. The molecule has 0 saturated carbocycles. The Balaban J connectivity index is 2.96. The molecule has 0 fully saturated rings. The predicted octanol–water partition coefficient (Wildman–Crippen LogP) is 1.57. The molecule has 18 heavy (non-hydrogen) atoms. The predicted molar refractivity (Wildman–Crippen MR) is 78.1 cm³/mol. The van der Waals surface area contributed by atoms with Gasteiger partial charge < -0.3 is 15.5 Å². The summed E-state index contributed by atoms with van der Waals surface area (Å²) in [7, 11) is 4.19. The first kappa shape index (κ1) is 14.8. The van der Waals surface area contributed by atoms with E-state index in [1.807, 2.05) is 11.6 Å². The molecule has 5 nitrogen and oxygen atoms in total. The Morgan fingerprint density at radius 3 is 2.33 bits per heavy atom. The van der Waals surface area contributed by atoms with Crippen molar-refractivity contribution in [2.45, 2.75) is 33.7 Å². The number of hydrogen-bond acceptors (Lipinski definition) is 4. The van der Waals surface area contributed by atoms with Gasteiger partial charge >= 0.3 is 0 Å². The fraction of sp³-hybridized carbons (Fsp3) is 0.769. The molecule has 0 atom stereocenters. The lowest BCUT2D eigenvalue weighted by atomic mass is 10.3. The number of nitrogen functional groups attached to an aromatic ring is 1. The second-order valence-corrected chi connectivity index (χ2v) is 4.93. The molecule has 0 aliphatic heterocycles. The molecule has 0 aromatic carbocycles. The third kappa shape index (κ3) is 3.38. The Bertz CT molecular complexity index is 370. The van der Waals surface area contributed by atoms with Crippen molar-refractivity contribution in [2.24, 2.45) is 0 Å². The van der Waals surface area contributed by atoms with Crippen LogP contribution < -0.4 is 10.6 Å².